The highest BCUT2D eigenvalue weighted by Gasteiger charge is 2.24. The highest BCUT2D eigenvalue weighted by atomic mass is 16.5. The molecule has 1 fully saturated rings. The van der Waals surface area contributed by atoms with Crippen LogP contribution in [0.4, 0.5) is 0 Å². The molecule has 0 aromatic carbocycles. The molecule has 0 N–H and O–H groups in total. The van der Waals surface area contributed by atoms with Crippen LogP contribution in [-0.2, 0) is 14.3 Å². The number of ether oxygens (including phenoxy) is 1. The second-order valence-corrected chi connectivity index (χ2v) is 3.45. The third-order valence-electron chi connectivity index (χ3n) is 2.19. The quantitative estimate of drug-likeness (QED) is 0.590. The summed E-state index contributed by atoms with van der Waals surface area (Å²) in [4.78, 5) is 23.6. The predicted octanol–water partition coefficient (Wildman–Crippen LogP) is 0.213. The van der Waals surface area contributed by atoms with E-state index >= 15 is 0 Å². The van der Waals surface area contributed by atoms with E-state index in [0.29, 0.717) is 26.1 Å². The molecule has 74 valence electrons. The molecule has 0 radical (unpaired) electrons. The summed E-state index contributed by atoms with van der Waals surface area (Å²) in [6.45, 7) is 4.97. The molecule has 1 rings (SSSR count). The van der Waals surface area contributed by atoms with Crippen LogP contribution in [0.5, 0.6) is 0 Å². The van der Waals surface area contributed by atoms with E-state index in [1.807, 2.05) is 11.8 Å². The average molecular weight is 185 g/mol. The summed E-state index contributed by atoms with van der Waals surface area (Å²) in [5, 5.41) is 0. The van der Waals surface area contributed by atoms with Crippen LogP contribution < -0.4 is 0 Å². The van der Waals surface area contributed by atoms with E-state index < -0.39 is 0 Å². The minimum atomic E-state index is -0.193. The lowest BCUT2D eigenvalue weighted by molar-refractivity contribution is -0.154. The van der Waals surface area contributed by atoms with Crippen LogP contribution in [0, 0.1) is 0 Å². The zero-order valence-corrected chi connectivity index (χ0v) is 8.08. The van der Waals surface area contributed by atoms with Gasteiger partial charge in [-0.15, -0.1) is 0 Å². The molecule has 1 atom stereocenters. The Morgan fingerprint density at radius 1 is 1.69 bits per heavy atom. The van der Waals surface area contributed by atoms with Crippen molar-refractivity contribution in [2.45, 2.75) is 26.3 Å². The fraction of sp³-hybridized carbons (Fsp3) is 0.778. The Kier molecular flexibility index (Phi) is 3.42. The molecule has 0 aliphatic carbocycles. The summed E-state index contributed by atoms with van der Waals surface area (Å²) >= 11 is 0. The standard InChI is InChI=1S/C9H15NO3/c1-7-6-13-9(12)5-10(7)4-3-8(2)11/h7H,3-6H2,1-2H3. The second-order valence-electron chi connectivity index (χ2n) is 3.45. The van der Waals surface area contributed by atoms with Crippen LogP contribution in [0.3, 0.4) is 0 Å². The topological polar surface area (TPSA) is 46.6 Å². The first-order valence-electron chi connectivity index (χ1n) is 4.48. The van der Waals surface area contributed by atoms with Crippen LogP contribution in [-0.4, -0.2) is 42.4 Å². The predicted molar refractivity (Wildman–Crippen MR) is 47.3 cm³/mol. The zero-order valence-electron chi connectivity index (χ0n) is 8.08. The monoisotopic (exact) mass is 185 g/mol. The number of Topliss-reactive ketones (excluding diaryl/α,β-unsaturated/α-hetero) is 1. The van der Waals surface area contributed by atoms with Crippen LogP contribution >= 0.6 is 0 Å². The Hall–Kier alpha value is -0.900. The minimum Gasteiger partial charge on any atom is -0.463 e. The Morgan fingerprint density at radius 3 is 3.00 bits per heavy atom. The number of hydrogen-bond acceptors (Lipinski definition) is 4. The van der Waals surface area contributed by atoms with Crippen molar-refractivity contribution in [1.82, 2.24) is 4.90 Å². The number of carbonyl (C=O) groups excluding carboxylic acids is 2. The third-order valence-corrected chi connectivity index (χ3v) is 2.19. The molecule has 0 aromatic heterocycles. The molecule has 1 aliphatic rings. The lowest BCUT2D eigenvalue weighted by Crippen LogP contribution is -2.46. The number of carbonyl (C=O) groups is 2. The number of cyclic esters (lactones) is 1. The highest BCUT2D eigenvalue weighted by Crippen LogP contribution is 2.07. The molecule has 1 heterocycles. The molecule has 0 spiro atoms. The average Bonchev–Trinajstić information content (AvgIpc) is 2.06. The number of hydrogen-bond donors (Lipinski definition) is 0. The zero-order chi connectivity index (χ0) is 9.84. The maximum atomic E-state index is 10.9. The maximum Gasteiger partial charge on any atom is 0.320 e. The van der Waals surface area contributed by atoms with Gasteiger partial charge in [-0.3, -0.25) is 14.5 Å². The van der Waals surface area contributed by atoms with Gasteiger partial charge >= 0.3 is 5.97 Å². The fourth-order valence-corrected chi connectivity index (χ4v) is 1.29. The van der Waals surface area contributed by atoms with Crippen LogP contribution in [0.15, 0.2) is 0 Å². The largest absolute Gasteiger partial charge is 0.463 e. The second kappa shape index (κ2) is 4.37. The molecule has 1 unspecified atom stereocenters. The normalized spacial score (nSPS) is 24.2. The molecule has 4 heteroatoms. The van der Waals surface area contributed by atoms with Gasteiger partial charge in [-0.25, -0.2) is 0 Å². The number of nitrogens with zero attached hydrogens (tertiary/aromatic N) is 1. The molecule has 13 heavy (non-hydrogen) atoms. The van der Waals surface area contributed by atoms with Gasteiger partial charge in [0.05, 0.1) is 6.54 Å². The number of morpholine rings is 1. The summed E-state index contributed by atoms with van der Waals surface area (Å²) in [7, 11) is 0. The molecule has 0 bridgehead atoms. The lowest BCUT2D eigenvalue weighted by atomic mass is 10.2. The summed E-state index contributed by atoms with van der Waals surface area (Å²) in [6.07, 6.45) is 0.512. The van der Waals surface area contributed by atoms with Gasteiger partial charge in [0.15, 0.2) is 0 Å². The van der Waals surface area contributed by atoms with Crippen LogP contribution in [0.25, 0.3) is 0 Å². The van der Waals surface area contributed by atoms with Gasteiger partial charge in [-0.2, -0.15) is 0 Å². The Labute approximate surface area is 77.8 Å². The van der Waals surface area contributed by atoms with Gasteiger partial charge < -0.3 is 4.74 Å². The fourth-order valence-electron chi connectivity index (χ4n) is 1.29. The van der Waals surface area contributed by atoms with E-state index in [1.54, 1.807) is 6.92 Å². The highest BCUT2D eigenvalue weighted by molar-refractivity contribution is 5.76. The van der Waals surface area contributed by atoms with E-state index in [0.717, 1.165) is 0 Å². The molecule has 0 aromatic rings. The lowest BCUT2D eigenvalue weighted by Gasteiger charge is -2.31. The van der Waals surface area contributed by atoms with E-state index in [4.69, 9.17) is 4.74 Å². The summed E-state index contributed by atoms with van der Waals surface area (Å²) in [5.41, 5.74) is 0. The van der Waals surface area contributed by atoms with Crippen molar-refractivity contribution in [1.29, 1.82) is 0 Å². The van der Waals surface area contributed by atoms with E-state index in [9.17, 15) is 9.59 Å². The molecule has 1 saturated heterocycles. The molecular weight excluding hydrogens is 170 g/mol. The van der Waals surface area contributed by atoms with Crippen molar-refractivity contribution >= 4 is 11.8 Å². The van der Waals surface area contributed by atoms with Crippen molar-refractivity contribution < 1.29 is 14.3 Å². The van der Waals surface area contributed by atoms with Crippen molar-refractivity contribution in [3.8, 4) is 0 Å². The Balaban J connectivity index is 2.37. The Morgan fingerprint density at radius 2 is 2.38 bits per heavy atom. The number of esters is 1. The van der Waals surface area contributed by atoms with E-state index in [-0.39, 0.29) is 17.8 Å². The maximum absolute atomic E-state index is 10.9. The van der Waals surface area contributed by atoms with Crippen molar-refractivity contribution in [3.05, 3.63) is 0 Å². The SMILES string of the molecule is CC(=O)CCN1CC(=O)OCC1C. The van der Waals surface area contributed by atoms with Gasteiger partial charge in [0, 0.05) is 19.0 Å². The first-order chi connectivity index (χ1) is 6.09. The van der Waals surface area contributed by atoms with Gasteiger partial charge in [0.25, 0.3) is 0 Å². The van der Waals surface area contributed by atoms with Gasteiger partial charge in [0.1, 0.15) is 12.4 Å². The molecule has 1 aliphatic heterocycles. The molecular formula is C9H15NO3. The summed E-state index contributed by atoms with van der Waals surface area (Å²) in [6, 6.07) is 0.233. The van der Waals surface area contributed by atoms with Gasteiger partial charge in [-0.05, 0) is 13.8 Å². The van der Waals surface area contributed by atoms with Crippen molar-refractivity contribution in [2.24, 2.45) is 0 Å². The summed E-state index contributed by atoms with van der Waals surface area (Å²) < 4.78 is 4.86. The van der Waals surface area contributed by atoms with E-state index in [2.05, 4.69) is 0 Å². The first-order valence-corrected chi connectivity index (χ1v) is 4.48. The van der Waals surface area contributed by atoms with Crippen molar-refractivity contribution in [3.63, 3.8) is 0 Å². The number of rotatable bonds is 3. The summed E-state index contributed by atoms with van der Waals surface area (Å²) in [5.74, 6) is -0.0345. The molecule has 0 saturated carbocycles. The number of ketones is 1. The Bertz CT molecular complexity index is 215. The van der Waals surface area contributed by atoms with Crippen molar-refractivity contribution in [2.75, 3.05) is 19.7 Å². The van der Waals surface area contributed by atoms with Crippen LogP contribution in [0.2, 0.25) is 0 Å². The van der Waals surface area contributed by atoms with Gasteiger partial charge in [-0.1, -0.05) is 0 Å². The van der Waals surface area contributed by atoms with E-state index in [1.165, 1.54) is 0 Å². The smallest absolute Gasteiger partial charge is 0.320 e. The molecule has 0 amide bonds. The van der Waals surface area contributed by atoms with Crippen LogP contribution in [0.1, 0.15) is 20.3 Å². The third kappa shape index (κ3) is 3.14. The minimum absolute atomic E-state index is 0.158. The molecule has 4 nitrogen and oxygen atoms in total. The first kappa shape index (κ1) is 10.2. The van der Waals surface area contributed by atoms with Gasteiger partial charge in [0.2, 0.25) is 0 Å².